The number of ether oxygens (including phenoxy) is 3. The molecule has 0 radical (unpaired) electrons. The zero-order valence-corrected chi connectivity index (χ0v) is 11.5. The highest BCUT2D eigenvalue weighted by molar-refractivity contribution is 9.09. The van der Waals surface area contributed by atoms with Crippen molar-refractivity contribution in [1.82, 2.24) is 0 Å². The molecule has 0 amide bonds. The number of alkyl halides is 1. The quantitative estimate of drug-likeness (QED) is 0.299. The summed E-state index contributed by atoms with van der Waals surface area (Å²) in [4.78, 5) is 11.1. The number of esters is 1. The monoisotopic (exact) mass is 306 g/mol. The molecular formula is C12H19BrO4. The summed E-state index contributed by atoms with van der Waals surface area (Å²) in [6.45, 7) is 5.07. The molecular weight excluding hydrogens is 288 g/mol. The van der Waals surface area contributed by atoms with Crippen LogP contribution in [-0.4, -0.2) is 36.9 Å². The Hall–Kier alpha value is -0.390. The van der Waals surface area contributed by atoms with Crippen molar-refractivity contribution in [1.29, 1.82) is 0 Å². The molecule has 4 nitrogen and oxygen atoms in total. The minimum atomic E-state index is -0.269. The molecule has 1 saturated heterocycles. The second kappa shape index (κ2) is 8.66. The van der Waals surface area contributed by atoms with Crippen LogP contribution in [0.15, 0.2) is 12.7 Å². The van der Waals surface area contributed by atoms with Crippen molar-refractivity contribution < 1.29 is 19.0 Å². The molecule has 2 atom stereocenters. The maximum atomic E-state index is 11.1. The Kier molecular flexibility index (Phi) is 7.48. The standard InChI is InChI=1S/C12H19BrO4/c1-2-10(17-11(14)9-13)5-3-7-15-12-6-4-8-16-12/h2,10,12H,1,3-9H2. The van der Waals surface area contributed by atoms with E-state index in [1.54, 1.807) is 6.08 Å². The molecule has 0 spiro atoms. The van der Waals surface area contributed by atoms with Gasteiger partial charge in [0.15, 0.2) is 6.29 Å². The van der Waals surface area contributed by atoms with Crippen LogP contribution in [-0.2, 0) is 19.0 Å². The lowest BCUT2D eigenvalue weighted by Crippen LogP contribution is -2.18. The van der Waals surface area contributed by atoms with Gasteiger partial charge in [-0.05, 0) is 19.3 Å². The Bertz CT molecular complexity index is 239. The lowest BCUT2D eigenvalue weighted by atomic mass is 10.2. The molecule has 0 aliphatic carbocycles. The molecule has 0 aromatic heterocycles. The van der Waals surface area contributed by atoms with Crippen molar-refractivity contribution in [2.75, 3.05) is 18.5 Å². The van der Waals surface area contributed by atoms with Crippen molar-refractivity contribution in [2.45, 2.75) is 38.1 Å². The van der Waals surface area contributed by atoms with Gasteiger partial charge in [-0.3, -0.25) is 4.79 Å². The molecule has 98 valence electrons. The third-order valence-electron chi connectivity index (χ3n) is 2.48. The van der Waals surface area contributed by atoms with Gasteiger partial charge in [-0.2, -0.15) is 0 Å². The number of carbonyl (C=O) groups is 1. The first-order chi connectivity index (χ1) is 8.26. The second-order valence-electron chi connectivity index (χ2n) is 3.85. The Morgan fingerprint density at radius 1 is 1.65 bits per heavy atom. The molecule has 0 aromatic rings. The van der Waals surface area contributed by atoms with Gasteiger partial charge in [-0.25, -0.2) is 0 Å². The fourth-order valence-electron chi connectivity index (χ4n) is 1.60. The number of carbonyl (C=O) groups excluding carboxylic acids is 1. The molecule has 1 fully saturated rings. The van der Waals surface area contributed by atoms with E-state index in [2.05, 4.69) is 22.5 Å². The van der Waals surface area contributed by atoms with Gasteiger partial charge in [0, 0.05) is 19.6 Å². The Labute approximate surface area is 110 Å². The van der Waals surface area contributed by atoms with Gasteiger partial charge in [0.25, 0.3) is 0 Å². The summed E-state index contributed by atoms with van der Waals surface area (Å²) >= 11 is 3.05. The maximum absolute atomic E-state index is 11.1. The van der Waals surface area contributed by atoms with E-state index in [1.807, 2.05) is 0 Å². The first-order valence-electron chi connectivity index (χ1n) is 5.87. The third kappa shape index (κ3) is 6.19. The first kappa shape index (κ1) is 14.7. The summed E-state index contributed by atoms with van der Waals surface area (Å²) in [6, 6.07) is 0. The topological polar surface area (TPSA) is 44.8 Å². The molecule has 0 aromatic carbocycles. The molecule has 17 heavy (non-hydrogen) atoms. The van der Waals surface area contributed by atoms with Crippen LogP contribution in [0.4, 0.5) is 0 Å². The smallest absolute Gasteiger partial charge is 0.317 e. The molecule has 1 rings (SSSR count). The molecule has 0 bridgehead atoms. The maximum Gasteiger partial charge on any atom is 0.317 e. The highest BCUT2D eigenvalue weighted by Crippen LogP contribution is 2.14. The fourth-order valence-corrected chi connectivity index (χ4v) is 1.74. The molecule has 1 aliphatic rings. The lowest BCUT2D eigenvalue weighted by molar-refractivity contribution is -0.144. The summed E-state index contributed by atoms with van der Waals surface area (Å²) < 4.78 is 16.0. The number of hydrogen-bond acceptors (Lipinski definition) is 4. The van der Waals surface area contributed by atoms with E-state index in [0.717, 1.165) is 32.3 Å². The molecule has 5 heteroatoms. The molecule has 2 unspecified atom stereocenters. The van der Waals surface area contributed by atoms with Crippen molar-refractivity contribution >= 4 is 21.9 Å². The van der Waals surface area contributed by atoms with Crippen LogP contribution in [0.3, 0.4) is 0 Å². The van der Waals surface area contributed by atoms with Gasteiger partial charge < -0.3 is 14.2 Å². The second-order valence-corrected chi connectivity index (χ2v) is 4.41. The third-order valence-corrected chi connectivity index (χ3v) is 2.94. The molecule has 0 N–H and O–H groups in total. The van der Waals surface area contributed by atoms with Crippen molar-refractivity contribution in [3.63, 3.8) is 0 Å². The van der Waals surface area contributed by atoms with Crippen LogP contribution in [0.5, 0.6) is 0 Å². The molecule has 0 saturated carbocycles. The van der Waals surface area contributed by atoms with Crippen molar-refractivity contribution in [3.8, 4) is 0 Å². The summed E-state index contributed by atoms with van der Waals surface area (Å²) in [5, 5.41) is 0.212. The SMILES string of the molecule is C=CC(CCCOC1CCCO1)OC(=O)CBr. The van der Waals surface area contributed by atoms with Gasteiger partial charge in [0.1, 0.15) is 11.4 Å². The van der Waals surface area contributed by atoms with Crippen LogP contribution in [0.2, 0.25) is 0 Å². The van der Waals surface area contributed by atoms with Crippen LogP contribution in [0.1, 0.15) is 25.7 Å². The largest absolute Gasteiger partial charge is 0.458 e. The van der Waals surface area contributed by atoms with Gasteiger partial charge in [-0.1, -0.05) is 28.6 Å². The van der Waals surface area contributed by atoms with E-state index in [9.17, 15) is 4.79 Å². The zero-order valence-electron chi connectivity index (χ0n) is 9.90. The van der Waals surface area contributed by atoms with Crippen molar-refractivity contribution in [2.24, 2.45) is 0 Å². The highest BCUT2D eigenvalue weighted by atomic mass is 79.9. The number of halogens is 1. The van der Waals surface area contributed by atoms with Gasteiger partial charge >= 0.3 is 5.97 Å². The van der Waals surface area contributed by atoms with E-state index < -0.39 is 0 Å². The van der Waals surface area contributed by atoms with E-state index in [0.29, 0.717) is 6.61 Å². The van der Waals surface area contributed by atoms with Crippen LogP contribution in [0.25, 0.3) is 0 Å². The summed E-state index contributed by atoms with van der Waals surface area (Å²) in [5.74, 6) is -0.269. The minimum Gasteiger partial charge on any atom is -0.458 e. The predicted octanol–water partition coefficient (Wildman–Crippen LogP) is 2.41. The average Bonchev–Trinajstić information content (AvgIpc) is 2.85. The van der Waals surface area contributed by atoms with Crippen LogP contribution >= 0.6 is 15.9 Å². The fraction of sp³-hybridized carbons (Fsp3) is 0.750. The Morgan fingerprint density at radius 3 is 3.06 bits per heavy atom. The van der Waals surface area contributed by atoms with Crippen molar-refractivity contribution in [3.05, 3.63) is 12.7 Å². The zero-order chi connectivity index (χ0) is 12.5. The number of hydrogen-bond donors (Lipinski definition) is 0. The van der Waals surface area contributed by atoms with E-state index in [1.165, 1.54) is 0 Å². The van der Waals surface area contributed by atoms with Crippen LogP contribution < -0.4 is 0 Å². The summed E-state index contributed by atoms with van der Waals surface area (Å²) in [6.07, 6.45) is 4.98. The van der Waals surface area contributed by atoms with Crippen LogP contribution in [0, 0.1) is 0 Å². The molecule has 1 aliphatic heterocycles. The van der Waals surface area contributed by atoms with Gasteiger partial charge in [-0.15, -0.1) is 0 Å². The summed E-state index contributed by atoms with van der Waals surface area (Å²) in [5.41, 5.74) is 0. The normalized spacial score (nSPS) is 21.1. The highest BCUT2D eigenvalue weighted by Gasteiger charge is 2.16. The lowest BCUT2D eigenvalue weighted by Gasteiger charge is -2.14. The van der Waals surface area contributed by atoms with E-state index in [-0.39, 0.29) is 23.7 Å². The van der Waals surface area contributed by atoms with Gasteiger partial charge in [0.2, 0.25) is 0 Å². The number of rotatable bonds is 8. The Morgan fingerprint density at radius 2 is 2.47 bits per heavy atom. The van der Waals surface area contributed by atoms with E-state index in [4.69, 9.17) is 14.2 Å². The predicted molar refractivity (Wildman–Crippen MR) is 68.0 cm³/mol. The molecule has 1 heterocycles. The first-order valence-corrected chi connectivity index (χ1v) is 6.99. The summed E-state index contributed by atoms with van der Waals surface area (Å²) in [7, 11) is 0. The van der Waals surface area contributed by atoms with Gasteiger partial charge in [0.05, 0.1) is 0 Å². The average molecular weight is 307 g/mol. The van der Waals surface area contributed by atoms with E-state index >= 15 is 0 Å². The minimum absolute atomic E-state index is 0.0396. The Balaban J connectivity index is 2.06.